The second-order valence-corrected chi connectivity index (χ2v) is 4.30. The van der Waals surface area contributed by atoms with Gasteiger partial charge in [0.25, 0.3) is 0 Å². The third-order valence-electron chi connectivity index (χ3n) is 2.63. The van der Waals surface area contributed by atoms with Crippen molar-refractivity contribution in [2.45, 2.75) is 13.0 Å². The standard InChI is InChI=1S/C14H21N3O3/c1-11(14(19)15-8-9-20-2)16-10-13(18)17-12-6-4-3-5-7-12/h3-7,11,16H,8-10H2,1-2H3,(H,15,19)(H,17,18). The summed E-state index contributed by atoms with van der Waals surface area (Å²) in [5.41, 5.74) is 0.733. The molecular formula is C14H21N3O3. The van der Waals surface area contributed by atoms with Crippen LogP contribution in [0, 0.1) is 0 Å². The van der Waals surface area contributed by atoms with Crippen LogP contribution < -0.4 is 16.0 Å². The Kier molecular flexibility index (Phi) is 7.31. The maximum absolute atomic E-state index is 11.7. The van der Waals surface area contributed by atoms with Crippen LogP contribution in [0.3, 0.4) is 0 Å². The van der Waals surface area contributed by atoms with E-state index in [9.17, 15) is 9.59 Å². The van der Waals surface area contributed by atoms with Gasteiger partial charge in [0, 0.05) is 19.3 Å². The summed E-state index contributed by atoms with van der Waals surface area (Å²) >= 11 is 0. The molecule has 1 aromatic rings. The number of methoxy groups -OCH3 is 1. The molecule has 0 bridgehead atoms. The van der Waals surface area contributed by atoms with Crippen molar-refractivity contribution < 1.29 is 14.3 Å². The number of rotatable bonds is 8. The van der Waals surface area contributed by atoms with Gasteiger partial charge >= 0.3 is 0 Å². The summed E-state index contributed by atoms with van der Waals surface area (Å²) in [7, 11) is 1.57. The van der Waals surface area contributed by atoms with Gasteiger partial charge in [0.1, 0.15) is 0 Å². The van der Waals surface area contributed by atoms with Crippen LogP contribution in [0.5, 0.6) is 0 Å². The number of hydrogen-bond acceptors (Lipinski definition) is 4. The largest absolute Gasteiger partial charge is 0.383 e. The molecule has 0 aliphatic heterocycles. The molecule has 0 fully saturated rings. The first kappa shape index (κ1) is 16.1. The van der Waals surface area contributed by atoms with Gasteiger partial charge in [-0.25, -0.2) is 0 Å². The third kappa shape index (κ3) is 6.31. The summed E-state index contributed by atoms with van der Waals surface area (Å²) in [5, 5.41) is 8.30. The second-order valence-electron chi connectivity index (χ2n) is 4.30. The fourth-order valence-corrected chi connectivity index (χ4v) is 1.49. The quantitative estimate of drug-likeness (QED) is 0.601. The zero-order valence-corrected chi connectivity index (χ0v) is 11.8. The first-order chi connectivity index (χ1) is 9.63. The van der Waals surface area contributed by atoms with Crippen LogP contribution in [0.4, 0.5) is 5.69 Å². The summed E-state index contributed by atoms with van der Waals surface area (Å²) < 4.78 is 4.84. The van der Waals surface area contributed by atoms with Gasteiger partial charge in [0.05, 0.1) is 19.2 Å². The monoisotopic (exact) mass is 279 g/mol. The fraction of sp³-hybridized carbons (Fsp3) is 0.429. The van der Waals surface area contributed by atoms with E-state index in [4.69, 9.17) is 4.74 Å². The molecule has 20 heavy (non-hydrogen) atoms. The van der Waals surface area contributed by atoms with Gasteiger partial charge in [-0.3, -0.25) is 14.9 Å². The number of anilines is 1. The number of benzene rings is 1. The Morgan fingerprint density at radius 1 is 1.25 bits per heavy atom. The highest BCUT2D eigenvalue weighted by molar-refractivity contribution is 5.92. The van der Waals surface area contributed by atoms with E-state index in [1.807, 2.05) is 18.2 Å². The van der Waals surface area contributed by atoms with Crippen molar-refractivity contribution >= 4 is 17.5 Å². The predicted octanol–water partition coefficient (Wildman–Crippen LogP) is 0.366. The Bertz CT molecular complexity index is 423. The molecule has 1 unspecified atom stereocenters. The average Bonchev–Trinajstić information content (AvgIpc) is 2.46. The number of carbonyl (C=O) groups excluding carboxylic acids is 2. The van der Waals surface area contributed by atoms with Gasteiger partial charge in [0.2, 0.25) is 11.8 Å². The molecule has 1 rings (SSSR count). The molecule has 0 aliphatic rings. The normalized spacial score (nSPS) is 11.7. The van der Waals surface area contributed by atoms with Crippen molar-refractivity contribution in [2.75, 3.05) is 32.1 Å². The minimum atomic E-state index is -0.437. The number of nitrogens with one attached hydrogen (secondary N) is 3. The molecular weight excluding hydrogens is 258 g/mol. The summed E-state index contributed by atoms with van der Waals surface area (Å²) in [5.74, 6) is -0.345. The van der Waals surface area contributed by atoms with E-state index in [0.29, 0.717) is 13.2 Å². The zero-order valence-electron chi connectivity index (χ0n) is 11.8. The Morgan fingerprint density at radius 2 is 1.95 bits per heavy atom. The Labute approximate surface area is 118 Å². The zero-order chi connectivity index (χ0) is 14.8. The van der Waals surface area contributed by atoms with E-state index in [0.717, 1.165) is 5.69 Å². The highest BCUT2D eigenvalue weighted by atomic mass is 16.5. The van der Waals surface area contributed by atoms with Crippen molar-refractivity contribution in [3.8, 4) is 0 Å². The number of hydrogen-bond donors (Lipinski definition) is 3. The topological polar surface area (TPSA) is 79.5 Å². The molecule has 0 heterocycles. The van der Waals surface area contributed by atoms with Gasteiger partial charge in [0.15, 0.2) is 0 Å². The lowest BCUT2D eigenvalue weighted by molar-refractivity contribution is -0.123. The maximum Gasteiger partial charge on any atom is 0.238 e. The number of amides is 2. The maximum atomic E-state index is 11.7. The van der Waals surface area contributed by atoms with Crippen molar-refractivity contribution in [3.05, 3.63) is 30.3 Å². The van der Waals surface area contributed by atoms with Crippen LogP contribution in [0.25, 0.3) is 0 Å². The molecule has 110 valence electrons. The fourth-order valence-electron chi connectivity index (χ4n) is 1.49. The number of para-hydroxylation sites is 1. The first-order valence-corrected chi connectivity index (χ1v) is 6.48. The lowest BCUT2D eigenvalue weighted by Crippen LogP contribution is -2.45. The van der Waals surface area contributed by atoms with Crippen LogP contribution in [0.1, 0.15) is 6.92 Å². The predicted molar refractivity (Wildman–Crippen MR) is 77.4 cm³/mol. The van der Waals surface area contributed by atoms with Crippen molar-refractivity contribution in [1.29, 1.82) is 0 Å². The van der Waals surface area contributed by atoms with Gasteiger partial charge in [-0.15, -0.1) is 0 Å². The minimum absolute atomic E-state index is 0.0771. The van der Waals surface area contributed by atoms with Crippen LogP contribution in [0.15, 0.2) is 30.3 Å². The smallest absolute Gasteiger partial charge is 0.238 e. The first-order valence-electron chi connectivity index (χ1n) is 6.48. The van der Waals surface area contributed by atoms with E-state index in [1.165, 1.54) is 0 Å². The molecule has 0 spiro atoms. The van der Waals surface area contributed by atoms with E-state index >= 15 is 0 Å². The van der Waals surface area contributed by atoms with Gasteiger partial charge < -0.3 is 15.4 Å². The minimum Gasteiger partial charge on any atom is -0.383 e. The second kappa shape index (κ2) is 9.06. The molecule has 0 saturated heterocycles. The molecule has 0 saturated carbocycles. The van der Waals surface area contributed by atoms with E-state index < -0.39 is 6.04 Å². The van der Waals surface area contributed by atoms with Crippen molar-refractivity contribution in [1.82, 2.24) is 10.6 Å². The van der Waals surface area contributed by atoms with Crippen LogP contribution >= 0.6 is 0 Å². The lowest BCUT2D eigenvalue weighted by atomic mass is 10.3. The molecule has 2 amide bonds. The highest BCUT2D eigenvalue weighted by Crippen LogP contribution is 2.03. The van der Waals surface area contributed by atoms with Gasteiger partial charge in [-0.05, 0) is 19.1 Å². The van der Waals surface area contributed by atoms with Crippen LogP contribution in [-0.2, 0) is 14.3 Å². The average molecular weight is 279 g/mol. The van der Waals surface area contributed by atoms with Crippen molar-refractivity contribution in [3.63, 3.8) is 0 Å². The van der Waals surface area contributed by atoms with Gasteiger partial charge in [-0.1, -0.05) is 18.2 Å². The molecule has 6 nitrogen and oxygen atoms in total. The SMILES string of the molecule is COCCNC(=O)C(C)NCC(=O)Nc1ccccc1. The van der Waals surface area contributed by atoms with Crippen LogP contribution in [0.2, 0.25) is 0 Å². The van der Waals surface area contributed by atoms with E-state index in [1.54, 1.807) is 26.2 Å². The number of carbonyl (C=O) groups is 2. The molecule has 1 atom stereocenters. The van der Waals surface area contributed by atoms with E-state index in [-0.39, 0.29) is 18.4 Å². The summed E-state index contributed by atoms with van der Waals surface area (Å²) in [4.78, 5) is 23.3. The van der Waals surface area contributed by atoms with E-state index in [2.05, 4.69) is 16.0 Å². The Balaban J connectivity index is 2.24. The van der Waals surface area contributed by atoms with Gasteiger partial charge in [-0.2, -0.15) is 0 Å². The Morgan fingerprint density at radius 3 is 2.60 bits per heavy atom. The summed E-state index contributed by atoms with van der Waals surface area (Å²) in [6.07, 6.45) is 0. The molecule has 6 heteroatoms. The van der Waals surface area contributed by atoms with Crippen LogP contribution in [-0.4, -0.2) is 44.7 Å². The molecule has 0 aliphatic carbocycles. The summed E-state index contributed by atoms with van der Waals surface area (Å²) in [6, 6.07) is 8.73. The highest BCUT2D eigenvalue weighted by Gasteiger charge is 2.12. The molecule has 3 N–H and O–H groups in total. The molecule has 0 aromatic heterocycles. The number of ether oxygens (including phenoxy) is 1. The van der Waals surface area contributed by atoms with Crippen molar-refractivity contribution in [2.24, 2.45) is 0 Å². The molecule has 1 aromatic carbocycles. The summed E-state index contributed by atoms with van der Waals surface area (Å²) in [6.45, 7) is 2.70. The molecule has 0 radical (unpaired) electrons. The Hall–Kier alpha value is -1.92. The lowest BCUT2D eigenvalue weighted by Gasteiger charge is -2.13. The third-order valence-corrected chi connectivity index (χ3v) is 2.63.